The van der Waals surface area contributed by atoms with E-state index in [-0.39, 0.29) is 5.92 Å². The Morgan fingerprint density at radius 2 is 1.19 bits per heavy atom. The summed E-state index contributed by atoms with van der Waals surface area (Å²) in [4.78, 5) is 2.23. The van der Waals surface area contributed by atoms with Crippen LogP contribution in [0, 0.1) is 0 Å². The molecular weight excluding hydrogens is 397 g/mol. The van der Waals surface area contributed by atoms with Crippen LogP contribution in [0.3, 0.4) is 0 Å². The van der Waals surface area contributed by atoms with Crippen molar-refractivity contribution in [3.05, 3.63) is 108 Å². The van der Waals surface area contributed by atoms with Gasteiger partial charge in [-0.25, -0.2) is 0 Å². The maximum atomic E-state index is 11.1. The first kappa shape index (κ1) is 19.6. The predicted octanol–water partition coefficient (Wildman–Crippen LogP) is 4.15. The first-order chi connectivity index (χ1) is 13.1. The van der Waals surface area contributed by atoms with Gasteiger partial charge in [0.2, 0.25) is 0 Å². The van der Waals surface area contributed by atoms with Gasteiger partial charge < -0.3 is 0 Å². The molecule has 3 aromatic carbocycles. The molecule has 0 aromatic heterocycles. The molecule has 0 aliphatic rings. The Morgan fingerprint density at radius 3 is 1.63 bits per heavy atom. The van der Waals surface area contributed by atoms with E-state index >= 15 is 0 Å². The van der Waals surface area contributed by atoms with E-state index in [4.69, 9.17) is 0 Å². The van der Waals surface area contributed by atoms with Gasteiger partial charge in [0.25, 0.3) is 0 Å². The van der Waals surface area contributed by atoms with Crippen LogP contribution in [0.5, 0.6) is 0 Å². The van der Waals surface area contributed by atoms with Crippen LogP contribution in [0.2, 0.25) is 0 Å². The van der Waals surface area contributed by atoms with Gasteiger partial charge in [0, 0.05) is 0 Å². The summed E-state index contributed by atoms with van der Waals surface area (Å²) < 4.78 is 0.874. The molecule has 0 unspecified atom stereocenters. The van der Waals surface area contributed by atoms with Crippen molar-refractivity contribution >= 4 is 20.1 Å². The molecule has 0 saturated heterocycles. The van der Waals surface area contributed by atoms with Gasteiger partial charge in [0.1, 0.15) is 0 Å². The monoisotopic (exact) mass is 423 g/mol. The fourth-order valence-electron chi connectivity index (χ4n) is 3.16. The maximum absolute atomic E-state index is 11.1. The number of hydrogen-bond donors (Lipinski definition) is 1. The van der Waals surface area contributed by atoms with Gasteiger partial charge in [0.05, 0.1) is 0 Å². The summed E-state index contributed by atoms with van der Waals surface area (Å²) in [6.45, 7) is 3.56. The Bertz CT molecular complexity index is 795. The molecule has 0 saturated carbocycles. The minimum atomic E-state index is -0.583. The van der Waals surface area contributed by atoms with Crippen LogP contribution in [0.25, 0.3) is 0 Å². The molecule has 0 aliphatic heterocycles. The molecule has 3 aromatic rings. The first-order valence-electron chi connectivity index (χ1n) is 9.25. The Kier molecular flexibility index (Phi) is 7.00. The molecule has 0 fully saturated rings. The molecule has 138 valence electrons. The van der Waals surface area contributed by atoms with Crippen LogP contribution in [0.4, 0.5) is 0 Å². The van der Waals surface area contributed by atoms with Crippen molar-refractivity contribution in [2.75, 3.05) is 0 Å². The summed E-state index contributed by atoms with van der Waals surface area (Å²) in [5.74, 6) is 0.0106. The Hall–Kier alpha value is -2.19. The molecule has 0 radical (unpaired) electrons. The quantitative estimate of drug-likeness (QED) is 0.552. The van der Waals surface area contributed by atoms with Crippen molar-refractivity contribution in [1.29, 1.82) is 0 Å². The van der Waals surface area contributed by atoms with Gasteiger partial charge in [-0.15, -0.1) is 0 Å². The molecule has 0 amide bonds. The van der Waals surface area contributed by atoms with Gasteiger partial charge in [-0.2, -0.15) is 0 Å². The summed E-state index contributed by atoms with van der Waals surface area (Å²) in [5.41, 5.74) is 3.58. The third-order valence-electron chi connectivity index (χ3n) is 4.80. The second kappa shape index (κ2) is 9.66. The molecule has 2 nitrogen and oxygen atoms in total. The molecular formula is C24H25NOSe. The number of aliphatic hydroxyl groups excluding tert-OH is 1. The summed E-state index contributed by atoms with van der Waals surface area (Å²) in [5, 5.41) is 11.1. The third-order valence-corrected chi connectivity index (χ3v) is 5.84. The van der Waals surface area contributed by atoms with Gasteiger partial charge in [-0.05, 0) is 0 Å². The van der Waals surface area contributed by atoms with Crippen molar-refractivity contribution in [3.63, 3.8) is 0 Å². The zero-order valence-corrected chi connectivity index (χ0v) is 17.2. The molecule has 2 atom stereocenters. The summed E-state index contributed by atoms with van der Waals surface area (Å²) in [6, 6.07) is 30.9. The van der Waals surface area contributed by atoms with Crippen LogP contribution in [0.1, 0.15) is 29.5 Å². The summed E-state index contributed by atoms with van der Waals surface area (Å²) >= 11 is 3.16. The molecule has 0 spiro atoms. The van der Waals surface area contributed by atoms with Gasteiger partial charge >= 0.3 is 170 Å². The van der Waals surface area contributed by atoms with E-state index in [1.807, 2.05) is 30.3 Å². The van der Waals surface area contributed by atoms with Crippen molar-refractivity contribution in [2.45, 2.75) is 32.0 Å². The fraction of sp³-hybridized carbons (Fsp3) is 0.208. The van der Waals surface area contributed by atoms with E-state index in [1.54, 1.807) is 0 Å². The van der Waals surface area contributed by atoms with Crippen LogP contribution in [-0.2, 0) is 13.1 Å². The number of benzene rings is 3. The number of aliphatic hydroxyl groups is 1. The van der Waals surface area contributed by atoms with E-state index in [1.165, 1.54) is 11.1 Å². The Morgan fingerprint density at radius 1 is 0.778 bits per heavy atom. The molecule has 1 N–H and O–H groups in total. The van der Waals surface area contributed by atoms with E-state index in [0.717, 1.165) is 23.2 Å². The number of nitrogens with zero attached hydrogens (tertiary/aromatic N) is 1. The third kappa shape index (κ3) is 5.40. The average Bonchev–Trinajstić information content (AvgIpc) is 2.74. The van der Waals surface area contributed by atoms with Crippen molar-refractivity contribution in [1.82, 2.24) is 4.90 Å². The topological polar surface area (TPSA) is 23.5 Å². The molecule has 27 heavy (non-hydrogen) atoms. The van der Waals surface area contributed by atoms with E-state index in [0.29, 0.717) is 0 Å². The molecule has 3 rings (SSSR count). The second-order valence-electron chi connectivity index (χ2n) is 6.81. The van der Waals surface area contributed by atoms with Gasteiger partial charge in [-0.1, -0.05) is 0 Å². The predicted molar refractivity (Wildman–Crippen MR) is 114 cm³/mol. The van der Waals surface area contributed by atoms with Gasteiger partial charge in [-0.3, -0.25) is 0 Å². The normalized spacial score (nSPS) is 13.0. The van der Waals surface area contributed by atoms with Crippen molar-refractivity contribution in [3.8, 4) is 0 Å². The molecule has 0 heterocycles. The fourth-order valence-corrected chi connectivity index (χ4v) is 3.86. The molecule has 0 aliphatic carbocycles. The van der Waals surface area contributed by atoms with Crippen LogP contribution >= 0.6 is 0 Å². The summed E-state index contributed by atoms with van der Waals surface area (Å²) in [7, 11) is 0. The number of rotatable bonds is 8. The first-order valence-corrected chi connectivity index (χ1v) is 10.1. The SMILES string of the molecule is C[C@H](c1ccccc1)[C@H](O)C(=[Se])N(Cc1ccccc1)Cc1ccccc1. The van der Waals surface area contributed by atoms with Crippen LogP contribution < -0.4 is 0 Å². The van der Waals surface area contributed by atoms with Crippen molar-refractivity contribution in [2.24, 2.45) is 0 Å². The standard InChI is InChI=1S/C24H25NOSe/c1-19(22-15-9-4-10-16-22)23(26)24(27)25(17-20-11-5-2-6-12-20)18-21-13-7-3-8-14-21/h2-16,19,23,26H,17-18H2,1H3/t19-,23+/m1/s1. The molecule has 0 bridgehead atoms. The van der Waals surface area contributed by atoms with Crippen molar-refractivity contribution < 1.29 is 5.11 Å². The minimum absolute atomic E-state index is 0.0106. The number of hydrogen-bond acceptors (Lipinski definition) is 2. The van der Waals surface area contributed by atoms with Gasteiger partial charge in [0.15, 0.2) is 0 Å². The van der Waals surface area contributed by atoms with Crippen LogP contribution in [0.15, 0.2) is 91.0 Å². The molecule has 3 heteroatoms. The van der Waals surface area contributed by atoms with E-state index in [9.17, 15) is 5.11 Å². The summed E-state index contributed by atoms with van der Waals surface area (Å²) in [6.07, 6.45) is -0.583. The average molecular weight is 422 g/mol. The zero-order valence-electron chi connectivity index (χ0n) is 15.5. The zero-order chi connectivity index (χ0) is 19.1. The van der Waals surface area contributed by atoms with E-state index < -0.39 is 6.10 Å². The second-order valence-corrected chi connectivity index (χ2v) is 7.69. The van der Waals surface area contributed by atoms with Crippen LogP contribution in [-0.4, -0.2) is 36.2 Å². The Labute approximate surface area is 169 Å². The Balaban J connectivity index is 1.81. The van der Waals surface area contributed by atoms with E-state index in [2.05, 4.69) is 88.1 Å².